The first-order chi connectivity index (χ1) is 15.5. The molecule has 0 saturated carbocycles. The molecule has 3 aromatic rings. The Morgan fingerprint density at radius 1 is 0.656 bits per heavy atom. The molecule has 2 atom stereocenters. The maximum absolute atomic E-state index is 6.05. The van der Waals surface area contributed by atoms with Crippen molar-refractivity contribution in [2.24, 2.45) is 9.98 Å². The molecule has 0 aliphatic carbocycles. The largest absolute Gasteiger partial charge is 0.475 e. The third-order valence-electron chi connectivity index (χ3n) is 5.96. The molecule has 0 radical (unpaired) electrons. The molecule has 162 valence electrons. The average Bonchev–Trinajstić information content (AvgIpc) is 3.50. The molecule has 0 aromatic heterocycles. The van der Waals surface area contributed by atoms with E-state index in [2.05, 4.69) is 63.2 Å². The highest BCUT2D eigenvalue weighted by Gasteiger charge is 2.27. The van der Waals surface area contributed by atoms with Gasteiger partial charge in [-0.1, -0.05) is 81.4 Å². The third-order valence-corrected chi connectivity index (χ3v) is 5.96. The van der Waals surface area contributed by atoms with Crippen molar-refractivity contribution in [1.82, 2.24) is 0 Å². The van der Waals surface area contributed by atoms with E-state index in [0.29, 0.717) is 25.0 Å². The van der Waals surface area contributed by atoms with Crippen LogP contribution in [0.15, 0.2) is 88.8 Å². The van der Waals surface area contributed by atoms with Gasteiger partial charge < -0.3 is 9.47 Å². The normalized spacial score (nSPS) is 20.3. The zero-order chi connectivity index (χ0) is 22.1. The van der Waals surface area contributed by atoms with Crippen molar-refractivity contribution in [1.29, 1.82) is 0 Å². The minimum Gasteiger partial charge on any atom is -0.475 e. The van der Waals surface area contributed by atoms with E-state index in [1.807, 2.05) is 36.4 Å². The Morgan fingerprint density at radius 3 is 1.50 bits per heavy atom. The van der Waals surface area contributed by atoms with Crippen LogP contribution in [0, 0.1) is 0 Å². The van der Waals surface area contributed by atoms with Crippen LogP contribution >= 0.6 is 0 Å². The van der Waals surface area contributed by atoms with Crippen molar-refractivity contribution in [2.45, 2.75) is 38.3 Å². The minimum atomic E-state index is -0.0270. The highest BCUT2D eigenvalue weighted by molar-refractivity contribution is 6.01. The summed E-state index contributed by atoms with van der Waals surface area (Å²) in [7, 11) is 0. The molecule has 32 heavy (non-hydrogen) atoms. The Balaban J connectivity index is 1.50. The van der Waals surface area contributed by atoms with E-state index in [1.165, 1.54) is 16.7 Å². The number of hydrogen-bond donors (Lipinski definition) is 0. The molecule has 0 amide bonds. The zero-order valence-corrected chi connectivity index (χ0v) is 18.8. The lowest BCUT2D eigenvalue weighted by Gasteiger charge is -2.21. The van der Waals surface area contributed by atoms with E-state index in [-0.39, 0.29) is 17.5 Å². The average molecular weight is 425 g/mol. The fourth-order valence-electron chi connectivity index (χ4n) is 4.06. The molecule has 0 fully saturated rings. The minimum absolute atomic E-state index is 0.0236. The van der Waals surface area contributed by atoms with Crippen LogP contribution in [0.5, 0.6) is 0 Å². The van der Waals surface area contributed by atoms with E-state index in [9.17, 15) is 0 Å². The van der Waals surface area contributed by atoms with Crippen LogP contribution in [-0.4, -0.2) is 25.0 Å². The first kappa shape index (κ1) is 20.5. The number of nitrogens with zero attached hydrogens (tertiary/aromatic N) is 2. The van der Waals surface area contributed by atoms with Crippen LogP contribution in [0.3, 0.4) is 0 Å². The van der Waals surface area contributed by atoms with Crippen molar-refractivity contribution in [3.05, 3.63) is 107 Å². The van der Waals surface area contributed by atoms with E-state index < -0.39 is 0 Å². The van der Waals surface area contributed by atoms with Gasteiger partial charge in [-0.15, -0.1) is 0 Å². The Bertz CT molecular complexity index is 1080. The number of hydrogen-bond acceptors (Lipinski definition) is 4. The zero-order valence-electron chi connectivity index (χ0n) is 18.8. The van der Waals surface area contributed by atoms with Gasteiger partial charge in [0.05, 0.1) is 0 Å². The van der Waals surface area contributed by atoms with Gasteiger partial charge in [0.25, 0.3) is 0 Å². The number of rotatable bonds is 4. The number of benzene rings is 3. The predicted octanol–water partition coefficient (Wildman–Crippen LogP) is 6.02. The molecule has 2 aliphatic heterocycles. The SMILES string of the molecule is CC(C)(C)c1cc(C2=N[C@@H](c3ccccc3)CO2)cc(C2=N[C@@H](c3ccccc3)CO2)c1. The molecular weight excluding hydrogens is 396 g/mol. The van der Waals surface area contributed by atoms with Crippen molar-refractivity contribution >= 4 is 11.8 Å². The topological polar surface area (TPSA) is 43.2 Å². The van der Waals surface area contributed by atoms with Crippen LogP contribution < -0.4 is 0 Å². The Labute approximate surface area is 189 Å². The molecule has 2 heterocycles. The lowest BCUT2D eigenvalue weighted by atomic mass is 9.85. The van der Waals surface area contributed by atoms with Crippen molar-refractivity contribution in [3.63, 3.8) is 0 Å². The summed E-state index contributed by atoms with van der Waals surface area (Å²) in [5.41, 5.74) is 5.46. The van der Waals surface area contributed by atoms with Gasteiger partial charge in [-0.2, -0.15) is 0 Å². The number of aliphatic imine (C=N–C) groups is 2. The summed E-state index contributed by atoms with van der Waals surface area (Å²) in [5, 5.41) is 0. The molecular formula is C28H28N2O2. The standard InChI is InChI=1S/C28H28N2O2/c1-28(2,3)23-15-21(26-29-24(17-31-26)19-10-6-4-7-11-19)14-22(16-23)27-30-25(18-32-27)20-12-8-5-9-13-20/h4-16,24-25H,17-18H2,1-3H3/t24-,25-/m1/s1. The monoisotopic (exact) mass is 424 g/mol. The Morgan fingerprint density at radius 2 is 1.09 bits per heavy atom. The van der Waals surface area contributed by atoms with Gasteiger partial charge in [0.15, 0.2) is 0 Å². The molecule has 0 N–H and O–H groups in total. The second-order valence-corrected chi connectivity index (χ2v) is 9.39. The maximum Gasteiger partial charge on any atom is 0.216 e. The van der Waals surface area contributed by atoms with E-state index in [0.717, 1.165) is 11.1 Å². The predicted molar refractivity (Wildman–Crippen MR) is 128 cm³/mol. The quantitative estimate of drug-likeness (QED) is 0.514. The molecule has 4 heteroatoms. The number of ether oxygens (including phenoxy) is 2. The summed E-state index contributed by atoms with van der Waals surface area (Å²) in [4.78, 5) is 9.79. The Kier molecular flexibility index (Phi) is 5.30. The molecule has 2 aliphatic rings. The van der Waals surface area contributed by atoms with E-state index >= 15 is 0 Å². The van der Waals surface area contributed by atoms with Crippen molar-refractivity contribution in [2.75, 3.05) is 13.2 Å². The van der Waals surface area contributed by atoms with Gasteiger partial charge in [-0.05, 0) is 40.3 Å². The summed E-state index contributed by atoms with van der Waals surface area (Å²) < 4.78 is 12.1. The summed E-state index contributed by atoms with van der Waals surface area (Å²) in [6, 6.07) is 27.1. The maximum atomic E-state index is 6.05. The van der Waals surface area contributed by atoms with Gasteiger partial charge in [0.2, 0.25) is 11.8 Å². The highest BCUT2D eigenvalue weighted by Crippen LogP contribution is 2.31. The molecule has 0 saturated heterocycles. The van der Waals surface area contributed by atoms with Crippen molar-refractivity contribution < 1.29 is 9.47 Å². The molecule has 0 bridgehead atoms. The van der Waals surface area contributed by atoms with E-state index in [4.69, 9.17) is 19.5 Å². The second-order valence-electron chi connectivity index (χ2n) is 9.39. The summed E-state index contributed by atoms with van der Waals surface area (Å²) in [6.45, 7) is 7.75. The van der Waals surface area contributed by atoms with Crippen molar-refractivity contribution in [3.8, 4) is 0 Å². The van der Waals surface area contributed by atoms with Crippen LogP contribution in [0.2, 0.25) is 0 Å². The smallest absolute Gasteiger partial charge is 0.216 e. The highest BCUT2D eigenvalue weighted by atomic mass is 16.5. The van der Waals surface area contributed by atoms with E-state index in [1.54, 1.807) is 0 Å². The van der Waals surface area contributed by atoms with Gasteiger partial charge in [0.1, 0.15) is 25.3 Å². The van der Waals surface area contributed by atoms with Gasteiger partial charge in [-0.3, -0.25) is 0 Å². The first-order valence-corrected chi connectivity index (χ1v) is 11.1. The Hall–Kier alpha value is -3.40. The fraction of sp³-hybridized carbons (Fsp3) is 0.286. The van der Waals surface area contributed by atoms with Gasteiger partial charge in [-0.25, -0.2) is 9.98 Å². The first-order valence-electron chi connectivity index (χ1n) is 11.1. The lowest BCUT2D eigenvalue weighted by molar-refractivity contribution is 0.319. The fourth-order valence-corrected chi connectivity index (χ4v) is 4.06. The molecule has 4 nitrogen and oxygen atoms in total. The van der Waals surface area contributed by atoms with Gasteiger partial charge >= 0.3 is 0 Å². The van der Waals surface area contributed by atoms with Crippen LogP contribution in [0.1, 0.15) is 60.7 Å². The summed E-state index contributed by atoms with van der Waals surface area (Å²) in [5.74, 6) is 1.37. The van der Waals surface area contributed by atoms with Crippen LogP contribution in [0.4, 0.5) is 0 Å². The molecule has 0 unspecified atom stereocenters. The summed E-state index contributed by atoms with van der Waals surface area (Å²) in [6.07, 6.45) is 0. The third kappa shape index (κ3) is 4.18. The molecule has 5 rings (SSSR count). The van der Waals surface area contributed by atoms with Crippen LogP contribution in [0.25, 0.3) is 0 Å². The van der Waals surface area contributed by atoms with Crippen LogP contribution in [-0.2, 0) is 14.9 Å². The lowest BCUT2D eigenvalue weighted by Crippen LogP contribution is -2.15. The molecule has 0 spiro atoms. The summed E-state index contributed by atoms with van der Waals surface area (Å²) >= 11 is 0. The van der Waals surface area contributed by atoms with Gasteiger partial charge in [0, 0.05) is 11.1 Å². The molecule has 3 aromatic carbocycles. The second kappa shape index (κ2) is 8.27.